The lowest BCUT2D eigenvalue weighted by atomic mass is 9.95. The summed E-state index contributed by atoms with van der Waals surface area (Å²) in [4.78, 5) is 27.9. The van der Waals surface area contributed by atoms with Gasteiger partial charge in [0.1, 0.15) is 23.0 Å². The summed E-state index contributed by atoms with van der Waals surface area (Å²) in [5, 5.41) is 11.3. The zero-order valence-corrected chi connectivity index (χ0v) is 22.0. The van der Waals surface area contributed by atoms with Crippen molar-refractivity contribution in [3.8, 4) is 11.5 Å². The molecule has 3 aromatic rings. The Kier molecular flexibility index (Phi) is 9.25. The molecule has 7 heteroatoms. The Hall–Kier alpha value is -4.00. The third-order valence-electron chi connectivity index (χ3n) is 6.55. The number of carbonyl (C=O) groups is 2. The molecular formula is C31H35NO6. The molecule has 0 saturated carbocycles. The van der Waals surface area contributed by atoms with Gasteiger partial charge in [-0.25, -0.2) is 0 Å². The van der Waals surface area contributed by atoms with E-state index in [0.717, 1.165) is 32.1 Å². The standard InChI is InChI=1S/C31H35NO6/c1-3-5-7-19-37-24-14-10-22(11-15-24)28-27(30(34)31(35)32(28)21-26-9-8-20-38-26)29(33)23-12-16-25(17-13-23)36-18-6-4-2/h8-17,20,28,33H,3-7,18-19,21H2,1-2H3/t28-/m0/s1. The molecule has 1 N–H and O–H groups in total. The second-order valence-corrected chi connectivity index (χ2v) is 9.36. The summed E-state index contributed by atoms with van der Waals surface area (Å²) in [6.45, 7) is 5.57. The number of carbonyl (C=O) groups excluding carboxylic acids is 2. The van der Waals surface area contributed by atoms with Gasteiger partial charge in [-0.05, 0) is 66.9 Å². The Morgan fingerprint density at radius 1 is 0.868 bits per heavy atom. The van der Waals surface area contributed by atoms with Crippen LogP contribution in [-0.4, -0.2) is 34.9 Å². The first-order valence-electron chi connectivity index (χ1n) is 13.3. The van der Waals surface area contributed by atoms with Crippen molar-refractivity contribution >= 4 is 17.4 Å². The second kappa shape index (κ2) is 13.0. The molecule has 2 aromatic carbocycles. The lowest BCUT2D eigenvalue weighted by Gasteiger charge is -2.24. The van der Waals surface area contributed by atoms with Crippen LogP contribution in [0.2, 0.25) is 0 Å². The van der Waals surface area contributed by atoms with Crippen LogP contribution in [0.1, 0.15) is 68.9 Å². The molecule has 0 spiro atoms. The van der Waals surface area contributed by atoms with Gasteiger partial charge in [-0.1, -0.05) is 45.2 Å². The van der Waals surface area contributed by atoms with Crippen molar-refractivity contribution in [2.45, 2.75) is 58.5 Å². The van der Waals surface area contributed by atoms with Crippen molar-refractivity contribution in [2.24, 2.45) is 0 Å². The SMILES string of the molecule is CCCCCOc1ccc([C@H]2C(=C(O)c3ccc(OCCCC)cc3)C(=O)C(=O)N2Cc2ccco2)cc1. The Bertz CT molecular complexity index is 1230. The number of likely N-dealkylation sites (tertiary alicyclic amines) is 1. The molecule has 1 aromatic heterocycles. The van der Waals surface area contributed by atoms with Gasteiger partial charge in [-0.15, -0.1) is 0 Å². The van der Waals surface area contributed by atoms with E-state index in [1.165, 1.54) is 11.2 Å². The minimum atomic E-state index is -0.783. The first kappa shape index (κ1) is 27.0. The Morgan fingerprint density at radius 2 is 1.50 bits per heavy atom. The second-order valence-electron chi connectivity index (χ2n) is 9.36. The summed E-state index contributed by atoms with van der Waals surface area (Å²) in [5.74, 6) is 0.289. The number of benzene rings is 2. The van der Waals surface area contributed by atoms with Gasteiger partial charge < -0.3 is 23.9 Å². The van der Waals surface area contributed by atoms with Gasteiger partial charge in [0, 0.05) is 5.56 Å². The van der Waals surface area contributed by atoms with Gasteiger partial charge >= 0.3 is 0 Å². The van der Waals surface area contributed by atoms with Crippen molar-refractivity contribution in [3.63, 3.8) is 0 Å². The third-order valence-corrected chi connectivity index (χ3v) is 6.55. The minimum Gasteiger partial charge on any atom is -0.507 e. The van der Waals surface area contributed by atoms with Crippen LogP contribution in [0.3, 0.4) is 0 Å². The monoisotopic (exact) mass is 517 g/mol. The molecule has 0 bridgehead atoms. The van der Waals surface area contributed by atoms with Gasteiger partial charge in [0.2, 0.25) is 0 Å². The van der Waals surface area contributed by atoms with E-state index in [1.807, 2.05) is 24.3 Å². The molecule has 200 valence electrons. The van der Waals surface area contributed by atoms with Crippen molar-refractivity contribution in [1.29, 1.82) is 0 Å². The summed E-state index contributed by atoms with van der Waals surface area (Å²) >= 11 is 0. The highest BCUT2D eigenvalue weighted by Crippen LogP contribution is 2.41. The van der Waals surface area contributed by atoms with Gasteiger partial charge in [0.25, 0.3) is 11.7 Å². The molecule has 1 aliphatic rings. The van der Waals surface area contributed by atoms with Crippen molar-refractivity contribution in [2.75, 3.05) is 13.2 Å². The Labute approximate surface area is 223 Å². The van der Waals surface area contributed by atoms with Gasteiger partial charge in [-0.3, -0.25) is 9.59 Å². The molecule has 1 saturated heterocycles. The van der Waals surface area contributed by atoms with E-state index in [1.54, 1.807) is 36.4 Å². The highest BCUT2D eigenvalue weighted by Gasteiger charge is 2.46. The quantitative estimate of drug-likeness (QED) is 0.118. The molecule has 1 atom stereocenters. The van der Waals surface area contributed by atoms with E-state index in [0.29, 0.717) is 41.6 Å². The van der Waals surface area contributed by atoms with E-state index in [9.17, 15) is 14.7 Å². The highest BCUT2D eigenvalue weighted by atomic mass is 16.5. The maximum absolute atomic E-state index is 13.3. The number of ketones is 1. The first-order valence-corrected chi connectivity index (χ1v) is 13.3. The average Bonchev–Trinajstić information content (AvgIpc) is 3.54. The summed E-state index contributed by atoms with van der Waals surface area (Å²) in [5.41, 5.74) is 1.17. The topological polar surface area (TPSA) is 89.2 Å². The number of unbranched alkanes of at least 4 members (excludes halogenated alkanes) is 3. The van der Waals surface area contributed by atoms with E-state index in [4.69, 9.17) is 13.9 Å². The zero-order chi connectivity index (χ0) is 26.9. The average molecular weight is 518 g/mol. The minimum absolute atomic E-state index is 0.0396. The fourth-order valence-corrected chi connectivity index (χ4v) is 4.45. The van der Waals surface area contributed by atoms with Crippen LogP contribution in [0.4, 0.5) is 0 Å². The van der Waals surface area contributed by atoms with Crippen LogP contribution < -0.4 is 9.47 Å². The molecule has 7 nitrogen and oxygen atoms in total. The molecule has 1 aliphatic heterocycles. The summed E-state index contributed by atoms with van der Waals surface area (Å²) in [6, 6.07) is 16.9. The number of hydrogen-bond donors (Lipinski definition) is 1. The third kappa shape index (κ3) is 6.28. The number of aliphatic hydroxyl groups is 1. The molecule has 38 heavy (non-hydrogen) atoms. The lowest BCUT2D eigenvalue weighted by molar-refractivity contribution is -0.140. The number of rotatable bonds is 13. The molecular weight excluding hydrogens is 482 g/mol. The number of aliphatic hydroxyl groups excluding tert-OH is 1. The van der Waals surface area contributed by atoms with E-state index >= 15 is 0 Å². The predicted octanol–water partition coefficient (Wildman–Crippen LogP) is 6.65. The largest absolute Gasteiger partial charge is 0.507 e. The van der Waals surface area contributed by atoms with Crippen LogP contribution in [0, 0.1) is 0 Å². The summed E-state index contributed by atoms with van der Waals surface area (Å²) < 4.78 is 17.0. The number of Topliss-reactive ketones (excluding diaryl/α,β-unsaturated/α-hetero) is 1. The molecule has 2 heterocycles. The van der Waals surface area contributed by atoms with Gasteiger partial charge in [-0.2, -0.15) is 0 Å². The maximum Gasteiger partial charge on any atom is 0.296 e. The van der Waals surface area contributed by atoms with E-state index < -0.39 is 17.7 Å². The molecule has 1 fully saturated rings. The van der Waals surface area contributed by atoms with Crippen LogP contribution in [0.5, 0.6) is 11.5 Å². The number of amides is 1. The maximum atomic E-state index is 13.3. The summed E-state index contributed by atoms with van der Waals surface area (Å²) in [7, 11) is 0. The smallest absolute Gasteiger partial charge is 0.296 e. The zero-order valence-electron chi connectivity index (χ0n) is 22.0. The van der Waals surface area contributed by atoms with E-state index in [-0.39, 0.29) is 17.9 Å². The van der Waals surface area contributed by atoms with Crippen molar-refractivity contribution in [3.05, 3.63) is 89.4 Å². The summed E-state index contributed by atoms with van der Waals surface area (Å²) in [6.07, 6.45) is 6.70. The Balaban J connectivity index is 1.66. The normalized spacial score (nSPS) is 16.7. The number of hydrogen-bond acceptors (Lipinski definition) is 6. The highest BCUT2D eigenvalue weighted by molar-refractivity contribution is 6.46. The lowest BCUT2D eigenvalue weighted by Crippen LogP contribution is -2.29. The number of ether oxygens (including phenoxy) is 2. The van der Waals surface area contributed by atoms with Gasteiger partial charge in [0.05, 0.1) is 37.6 Å². The van der Waals surface area contributed by atoms with Crippen LogP contribution >= 0.6 is 0 Å². The van der Waals surface area contributed by atoms with Crippen LogP contribution in [0.25, 0.3) is 5.76 Å². The first-order chi connectivity index (χ1) is 18.5. The molecule has 1 amide bonds. The van der Waals surface area contributed by atoms with Crippen molar-refractivity contribution < 1.29 is 28.6 Å². The Morgan fingerprint density at radius 3 is 2.11 bits per heavy atom. The molecule has 0 aliphatic carbocycles. The molecule has 0 unspecified atom stereocenters. The fraction of sp³-hybridized carbons (Fsp3) is 0.355. The fourth-order valence-electron chi connectivity index (χ4n) is 4.45. The predicted molar refractivity (Wildman–Crippen MR) is 145 cm³/mol. The number of nitrogens with zero attached hydrogens (tertiary/aromatic N) is 1. The van der Waals surface area contributed by atoms with Gasteiger partial charge in [0.15, 0.2) is 0 Å². The van der Waals surface area contributed by atoms with Crippen LogP contribution in [-0.2, 0) is 16.1 Å². The van der Waals surface area contributed by atoms with Crippen molar-refractivity contribution in [1.82, 2.24) is 4.90 Å². The van der Waals surface area contributed by atoms with Crippen LogP contribution in [0.15, 0.2) is 76.9 Å². The number of furan rings is 1. The van der Waals surface area contributed by atoms with E-state index in [2.05, 4.69) is 13.8 Å². The molecule has 4 rings (SSSR count). The molecule has 0 radical (unpaired) electrons.